The number of alkyl halides is 3. The van der Waals surface area contributed by atoms with Gasteiger partial charge in [0.25, 0.3) is 0 Å². The summed E-state index contributed by atoms with van der Waals surface area (Å²) in [6, 6.07) is 0.0391. The molecule has 0 saturated heterocycles. The highest BCUT2D eigenvalue weighted by molar-refractivity contribution is 8.00. The number of amides is 1. The summed E-state index contributed by atoms with van der Waals surface area (Å²) in [7, 11) is 0. The standard InChI is InChI=1S/C21H26F3N3O2S/c22-21(23,24)16-9-13(25-12-3-1-2-4-12)10-17-19(16)20(29)27-18(26-17)11-30-15-7-5-14(28)6-8-15/h9-10,12,14-15,19,28H,1-8,11H2,(H,26,27,29). The molecule has 0 aromatic heterocycles. The summed E-state index contributed by atoms with van der Waals surface area (Å²) in [5.41, 5.74) is -0.516. The predicted molar refractivity (Wildman–Crippen MR) is 112 cm³/mol. The predicted octanol–water partition coefficient (Wildman–Crippen LogP) is 3.94. The first kappa shape index (κ1) is 21.6. The van der Waals surface area contributed by atoms with Crippen LogP contribution in [0.3, 0.4) is 0 Å². The number of aliphatic imine (C=N–C) groups is 2. The van der Waals surface area contributed by atoms with Crippen LogP contribution in [0.1, 0.15) is 51.4 Å². The Morgan fingerprint density at radius 1 is 1.13 bits per heavy atom. The van der Waals surface area contributed by atoms with Gasteiger partial charge in [-0.1, -0.05) is 12.8 Å². The maximum atomic E-state index is 13.7. The molecular formula is C21H26F3N3O2S. The first-order chi connectivity index (χ1) is 14.3. The first-order valence-electron chi connectivity index (χ1n) is 10.6. The van der Waals surface area contributed by atoms with Crippen LogP contribution >= 0.6 is 11.8 Å². The second kappa shape index (κ2) is 8.86. The Morgan fingerprint density at radius 3 is 2.50 bits per heavy atom. The van der Waals surface area contributed by atoms with Gasteiger partial charge in [0.15, 0.2) is 0 Å². The maximum absolute atomic E-state index is 13.7. The molecular weight excluding hydrogens is 415 g/mol. The van der Waals surface area contributed by atoms with Crippen LogP contribution in [-0.2, 0) is 4.79 Å². The second-order valence-corrected chi connectivity index (χ2v) is 9.67. The number of hydrogen-bond donors (Lipinski definition) is 2. The third-order valence-electron chi connectivity index (χ3n) is 6.08. The van der Waals surface area contributed by atoms with Crippen LogP contribution in [0.15, 0.2) is 33.4 Å². The molecule has 164 valence electrons. The molecule has 1 amide bonds. The molecule has 1 aliphatic heterocycles. The van der Waals surface area contributed by atoms with Crippen LogP contribution in [-0.4, -0.2) is 51.9 Å². The molecule has 2 fully saturated rings. The number of nitrogens with zero attached hydrogens (tertiary/aromatic N) is 2. The number of carbonyl (C=O) groups is 1. The molecule has 2 N–H and O–H groups in total. The number of aliphatic hydroxyl groups excluding tert-OH is 1. The number of aliphatic hydroxyl groups is 1. The lowest BCUT2D eigenvalue weighted by Gasteiger charge is -2.30. The minimum atomic E-state index is -4.62. The van der Waals surface area contributed by atoms with Crippen LogP contribution in [0.25, 0.3) is 0 Å². The number of carbonyl (C=O) groups excluding carboxylic acids is 1. The Labute approximate surface area is 178 Å². The fourth-order valence-corrected chi connectivity index (χ4v) is 5.63. The number of thioether (sulfide) groups is 1. The van der Waals surface area contributed by atoms with Gasteiger partial charge in [-0.2, -0.15) is 24.9 Å². The first-order valence-corrected chi connectivity index (χ1v) is 11.6. The summed E-state index contributed by atoms with van der Waals surface area (Å²) < 4.78 is 41.1. The Balaban J connectivity index is 1.54. The van der Waals surface area contributed by atoms with Crippen molar-refractivity contribution in [2.75, 3.05) is 5.75 Å². The smallest absolute Gasteiger partial charge is 0.393 e. The van der Waals surface area contributed by atoms with E-state index in [4.69, 9.17) is 0 Å². The summed E-state index contributed by atoms with van der Waals surface area (Å²) in [6.07, 6.45) is 4.81. The lowest BCUT2D eigenvalue weighted by molar-refractivity contribution is -0.128. The van der Waals surface area contributed by atoms with Gasteiger partial charge in [0.1, 0.15) is 11.8 Å². The number of fused-ring (bicyclic) bond motifs is 1. The van der Waals surface area contributed by atoms with Gasteiger partial charge in [-0.05, 0) is 50.7 Å². The van der Waals surface area contributed by atoms with Crippen molar-refractivity contribution in [3.8, 4) is 0 Å². The second-order valence-electron chi connectivity index (χ2n) is 8.38. The zero-order chi connectivity index (χ0) is 21.3. The third-order valence-corrected chi connectivity index (χ3v) is 7.47. The zero-order valence-corrected chi connectivity index (χ0v) is 17.4. The summed E-state index contributed by atoms with van der Waals surface area (Å²) in [4.78, 5) is 21.5. The van der Waals surface area contributed by atoms with Crippen molar-refractivity contribution in [2.45, 2.75) is 74.9 Å². The van der Waals surface area contributed by atoms with Crippen molar-refractivity contribution in [2.24, 2.45) is 15.9 Å². The van der Waals surface area contributed by atoms with Gasteiger partial charge in [0.2, 0.25) is 5.91 Å². The van der Waals surface area contributed by atoms with E-state index in [1.54, 1.807) is 17.8 Å². The Kier molecular flexibility index (Phi) is 6.39. The molecule has 0 spiro atoms. The van der Waals surface area contributed by atoms with Crippen LogP contribution in [0.2, 0.25) is 0 Å². The average molecular weight is 442 g/mol. The van der Waals surface area contributed by atoms with Crippen LogP contribution < -0.4 is 5.32 Å². The third kappa shape index (κ3) is 4.99. The van der Waals surface area contributed by atoms with E-state index in [0.717, 1.165) is 57.4 Å². The van der Waals surface area contributed by atoms with E-state index < -0.39 is 23.6 Å². The van der Waals surface area contributed by atoms with Gasteiger partial charge in [-0.25, -0.2) is 4.99 Å². The molecule has 3 aliphatic carbocycles. The molecule has 1 heterocycles. The number of amidine groups is 1. The summed E-state index contributed by atoms with van der Waals surface area (Å²) in [5, 5.41) is 12.6. The van der Waals surface area contributed by atoms with Crippen LogP contribution in [0.5, 0.6) is 0 Å². The number of nitrogens with one attached hydrogen (secondary N) is 1. The van der Waals surface area contributed by atoms with Crippen molar-refractivity contribution in [1.82, 2.24) is 5.32 Å². The number of halogens is 3. The normalized spacial score (nSPS) is 31.7. The monoisotopic (exact) mass is 441 g/mol. The van der Waals surface area contributed by atoms with E-state index in [1.807, 2.05) is 0 Å². The zero-order valence-electron chi connectivity index (χ0n) is 16.6. The summed E-state index contributed by atoms with van der Waals surface area (Å²) in [6.45, 7) is 0. The molecule has 0 radical (unpaired) electrons. The lowest BCUT2D eigenvalue weighted by Crippen LogP contribution is -2.45. The van der Waals surface area contributed by atoms with E-state index in [1.165, 1.54) is 0 Å². The largest absolute Gasteiger partial charge is 0.413 e. The van der Waals surface area contributed by atoms with E-state index in [9.17, 15) is 23.1 Å². The minimum Gasteiger partial charge on any atom is -0.393 e. The fourth-order valence-electron chi connectivity index (χ4n) is 4.49. The molecule has 0 aromatic rings. The summed E-state index contributed by atoms with van der Waals surface area (Å²) >= 11 is 1.63. The van der Waals surface area contributed by atoms with Gasteiger partial charge in [-0.3, -0.25) is 9.79 Å². The number of allylic oxidation sites excluding steroid dienone is 2. The molecule has 30 heavy (non-hydrogen) atoms. The van der Waals surface area contributed by atoms with Gasteiger partial charge in [0.05, 0.1) is 34.9 Å². The van der Waals surface area contributed by atoms with Gasteiger partial charge in [-0.15, -0.1) is 0 Å². The molecule has 1 unspecified atom stereocenters. The number of rotatable bonds is 4. The van der Waals surface area contributed by atoms with Crippen molar-refractivity contribution in [3.05, 3.63) is 23.4 Å². The van der Waals surface area contributed by atoms with E-state index in [2.05, 4.69) is 15.3 Å². The molecule has 9 heteroatoms. The molecule has 4 aliphatic rings. The SMILES string of the molecule is O=C1NC(CSC2CCC(O)CC2)=NC2=CC(=NC3CCCC3)C=C(C(F)(F)F)C12. The minimum absolute atomic E-state index is 0.0391. The molecule has 4 rings (SSSR count). The van der Waals surface area contributed by atoms with E-state index in [0.29, 0.717) is 16.8 Å². The molecule has 5 nitrogen and oxygen atoms in total. The molecule has 0 bridgehead atoms. The Bertz CT molecular complexity index is 805. The highest BCUT2D eigenvalue weighted by Crippen LogP contribution is 2.40. The summed E-state index contributed by atoms with van der Waals surface area (Å²) in [5.74, 6) is -1.31. The fraction of sp³-hybridized carbons (Fsp3) is 0.667. The van der Waals surface area contributed by atoms with Crippen molar-refractivity contribution in [1.29, 1.82) is 0 Å². The van der Waals surface area contributed by atoms with Crippen molar-refractivity contribution in [3.63, 3.8) is 0 Å². The Morgan fingerprint density at radius 2 is 1.83 bits per heavy atom. The van der Waals surface area contributed by atoms with E-state index >= 15 is 0 Å². The maximum Gasteiger partial charge on any atom is 0.413 e. The molecule has 1 atom stereocenters. The van der Waals surface area contributed by atoms with Crippen LogP contribution in [0, 0.1) is 5.92 Å². The van der Waals surface area contributed by atoms with E-state index in [-0.39, 0.29) is 23.6 Å². The van der Waals surface area contributed by atoms with Gasteiger partial charge < -0.3 is 10.4 Å². The highest BCUT2D eigenvalue weighted by Gasteiger charge is 2.47. The highest BCUT2D eigenvalue weighted by atomic mass is 32.2. The molecule has 2 saturated carbocycles. The molecule has 0 aromatic carbocycles. The van der Waals surface area contributed by atoms with Crippen molar-refractivity contribution < 1.29 is 23.1 Å². The quantitative estimate of drug-likeness (QED) is 0.694. The Hall–Kier alpha value is -1.61. The number of hydrogen-bond acceptors (Lipinski definition) is 5. The topological polar surface area (TPSA) is 74.0 Å². The van der Waals surface area contributed by atoms with Crippen molar-refractivity contribution >= 4 is 29.2 Å². The van der Waals surface area contributed by atoms with Gasteiger partial charge >= 0.3 is 6.18 Å². The van der Waals surface area contributed by atoms with Crippen LogP contribution in [0.4, 0.5) is 13.2 Å². The average Bonchev–Trinajstić information content (AvgIpc) is 3.19. The lowest BCUT2D eigenvalue weighted by atomic mass is 9.87. The van der Waals surface area contributed by atoms with Gasteiger partial charge in [0, 0.05) is 5.25 Å².